The third kappa shape index (κ3) is 2.90. The Hall–Kier alpha value is -1.53. The fourth-order valence-corrected chi connectivity index (χ4v) is 2.28. The van der Waals surface area contributed by atoms with Crippen molar-refractivity contribution >= 4 is 5.91 Å². The molecule has 1 aromatic rings. The van der Waals surface area contributed by atoms with Gasteiger partial charge in [-0.3, -0.25) is 4.79 Å². The van der Waals surface area contributed by atoms with E-state index in [0.29, 0.717) is 12.8 Å². The third-order valence-corrected chi connectivity index (χ3v) is 3.35. The molecule has 1 amide bonds. The van der Waals surface area contributed by atoms with Crippen LogP contribution in [0.25, 0.3) is 0 Å². The number of halogens is 2. The topological polar surface area (TPSA) is 58.6 Å². The zero-order valence-corrected chi connectivity index (χ0v) is 10.4. The minimum absolute atomic E-state index is 0.345. The van der Waals surface area contributed by atoms with Gasteiger partial charge in [0.1, 0.15) is 17.7 Å². The van der Waals surface area contributed by atoms with Gasteiger partial charge in [0.2, 0.25) is 0 Å². The number of nitrogens with one attached hydrogen (secondary N) is 1. The molecular weight excluding hydrogens is 256 g/mol. The average Bonchev–Trinajstić information content (AvgIpc) is 2.73. The van der Waals surface area contributed by atoms with Crippen molar-refractivity contribution in [3.05, 3.63) is 35.4 Å². The minimum atomic E-state index is -0.842. The van der Waals surface area contributed by atoms with Gasteiger partial charge >= 0.3 is 0 Å². The Morgan fingerprint density at radius 3 is 2.79 bits per heavy atom. The molecular formula is C13H15F2NO3. The van der Waals surface area contributed by atoms with Gasteiger partial charge in [-0.05, 0) is 31.0 Å². The van der Waals surface area contributed by atoms with Crippen LogP contribution in [0.2, 0.25) is 0 Å². The van der Waals surface area contributed by atoms with Gasteiger partial charge in [0, 0.05) is 7.11 Å². The van der Waals surface area contributed by atoms with Gasteiger partial charge in [0.15, 0.2) is 0 Å². The third-order valence-electron chi connectivity index (χ3n) is 3.35. The molecule has 2 rings (SSSR count). The standard InChI is InChI=1S/C13H15F2NO3/c1-19-11-5-4-10(12(11)17)16-13(18)8-6-7(14)2-3-9(8)15/h2-3,6,10-12,17H,4-5H2,1H3,(H,16,18)/t10-,11-,12-/m1/s1. The molecule has 1 aromatic carbocycles. The highest BCUT2D eigenvalue weighted by Gasteiger charge is 2.36. The summed E-state index contributed by atoms with van der Waals surface area (Å²) in [5.41, 5.74) is -0.368. The lowest BCUT2D eigenvalue weighted by molar-refractivity contribution is 0.000186. The van der Waals surface area contributed by atoms with Gasteiger partial charge in [0.05, 0.1) is 17.7 Å². The van der Waals surface area contributed by atoms with Crippen molar-refractivity contribution in [2.75, 3.05) is 7.11 Å². The summed E-state index contributed by atoms with van der Waals surface area (Å²) in [4.78, 5) is 11.8. The van der Waals surface area contributed by atoms with Crippen LogP contribution in [0.4, 0.5) is 8.78 Å². The molecule has 0 unspecified atom stereocenters. The van der Waals surface area contributed by atoms with E-state index in [1.165, 1.54) is 7.11 Å². The Kier molecular flexibility index (Phi) is 4.11. The van der Waals surface area contributed by atoms with E-state index in [9.17, 15) is 18.7 Å². The van der Waals surface area contributed by atoms with E-state index in [1.54, 1.807) is 0 Å². The van der Waals surface area contributed by atoms with E-state index in [1.807, 2.05) is 0 Å². The molecule has 2 N–H and O–H groups in total. The predicted octanol–water partition coefficient (Wildman–Crippen LogP) is 1.23. The van der Waals surface area contributed by atoms with Crippen LogP contribution in [0.15, 0.2) is 18.2 Å². The summed E-state index contributed by atoms with van der Waals surface area (Å²) in [7, 11) is 1.48. The van der Waals surface area contributed by atoms with Crippen molar-refractivity contribution < 1.29 is 23.4 Å². The first kappa shape index (κ1) is 13.9. The Morgan fingerprint density at radius 2 is 2.16 bits per heavy atom. The van der Waals surface area contributed by atoms with Crippen molar-refractivity contribution in [2.45, 2.75) is 31.1 Å². The number of ether oxygens (including phenoxy) is 1. The number of rotatable bonds is 3. The number of aliphatic hydroxyl groups excluding tert-OH is 1. The van der Waals surface area contributed by atoms with E-state index in [0.717, 1.165) is 18.2 Å². The maximum atomic E-state index is 13.4. The maximum Gasteiger partial charge on any atom is 0.254 e. The normalized spacial score (nSPS) is 26.4. The summed E-state index contributed by atoms with van der Waals surface area (Å²) in [5.74, 6) is -2.22. The molecule has 4 nitrogen and oxygen atoms in total. The van der Waals surface area contributed by atoms with Gasteiger partial charge in [-0.25, -0.2) is 8.78 Å². The zero-order valence-electron chi connectivity index (χ0n) is 10.4. The fraction of sp³-hybridized carbons (Fsp3) is 0.462. The lowest BCUT2D eigenvalue weighted by Crippen LogP contribution is -2.43. The summed E-state index contributed by atoms with van der Waals surface area (Å²) < 4.78 is 31.5. The molecule has 0 radical (unpaired) electrons. The highest BCUT2D eigenvalue weighted by molar-refractivity contribution is 5.94. The molecule has 0 heterocycles. The van der Waals surface area contributed by atoms with Crippen LogP contribution in [0, 0.1) is 11.6 Å². The van der Waals surface area contributed by atoms with Crippen LogP contribution in [-0.2, 0) is 4.74 Å². The number of carbonyl (C=O) groups excluding carboxylic acids is 1. The number of amides is 1. The lowest BCUT2D eigenvalue weighted by atomic mass is 10.1. The van der Waals surface area contributed by atoms with Crippen LogP contribution in [0.5, 0.6) is 0 Å². The molecule has 3 atom stereocenters. The first-order valence-electron chi connectivity index (χ1n) is 5.99. The molecule has 1 fully saturated rings. The summed E-state index contributed by atoms with van der Waals surface area (Å²) in [6.07, 6.45) is -0.0513. The molecule has 19 heavy (non-hydrogen) atoms. The molecule has 1 aliphatic carbocycles. The average molecular weight is 271 g/mol. The Balaban J connectivity index is 2.07. The summed E-state index contributed by atoms with van der Waals surface area (Å²) >= 11 is 0. The largest absolute Gasteiger partial charge is 0.388 e. The second-order valence-electron chi connectivity index (χ2n) is 4.55. The van der Waals surface area contributed by atoms with Crippen LogP contribution in [0.3, 0.4) is 0 Å². The molecule has 0 bridgehead atoms. The maximum absolute atomic E-state index is 13.4. The highest BCUT2D eigenvalue weighted by Crippen LogP contribution is 2.23. The Morgan fingerprint density at radius 1 is 1.42 bits per heavy atom. The van der Waals surface area contributed by atoms with Crippen molar-refractivity contribution in [3.8, 4) is 0 Å². The van der Waals surface area contributed by atoms with Gasteiger partial charge in [-0.2, -0.15) is 0 Å². The second kappa shape index (κ2) is 5.63. The van der Waals surface area contributed by atoms with E-state index in [2.05, 4.69) is 5.32 Å². The lowest BCUT2D eigenvalue weighted by Gasteiger charge is -2.19. The second-order valence-corrected chi connectivity index (χ2v) is 4.55. The van der Waals surface area contributed by atoms with Gasteiger partial charge in [0.25, 0.3) is 5.91 Å². The number of hydrogen-bond donors (Lipinski definition) is 2. The van der Waals surface area contributed by atoms with Gasteiger partial charge in [-0.15, -0.1) is 0 Å². The Bertz CT molecular complexity index is 481. The number of methoxy groups -OCH3 is 1. The van der Waals surface area contributed by atoms with E-state index in [4.69, 9.17) is 4.74 Å². The predicted molar refractivity (Wildman–Crippen MR) is 63.7 cm³/mol. The van der Waals surface area contributed by atoms with E-state index >= 15 is 0 Å². The number of aliphatic hydroxyl groups is 1. The van der Waals surface area contributed by atoms with E-state index < -0.39 is 29.7 Å². The SMILES string of the molecule is CO[C@@H]1CC[C@@H](NC(=O)c2cc(F)ccc2F)[C@H]1O. The van der Waals surface area contributed by atoms with Crippen LogP contribution >= 0.6 is 0 Å². The molecule has 0 aromatic heterocycles. The summed E-state index contributed by atoms with van der Waals surface area (Å²) in [6.45, 7) is 0. The first-order chi connectivity index (χ1) is 9.02. The van der Waals surface area contributed by atoms with Gasteiger partial charge in [-0.1, -0.05) is 0 Å². The molecule has 0 saturated heterocycles. The highest BCUT2D eigenvalue weighted by atomic mass is 19.1. The van der Waals surface area contributed by atoms with E-state index in [-0.39, 0.29) is 11.7 Å². The van der Waals surface area contributed by atoms with Gasteiger partial charge < -0.3 is 15.2 Å². The molecule has 1 aliphatic rings. The first-order valence-corrected chi connectivity index (χ1v) is 5.99. The molecule has 104 valence electrons. The van der Waals surface area contributed by atoms with Crippen molar-refractivity contribution in [1.82, 2.24) is 5.32 Å². The molecule has 1 saturated carbocycles. The van der Waals surface area contributed by atoms with Crippen molar-refractivity contribution in [1.29, 1.82) is 0 Å². The minimum Gasteiger partial charge on any atom is -0.388 e. The fourth-order valence-electron chi connectivity index (χ4n) is 2.28. The molecule has 0 aliphatic heterocycles. The molecule has 6 heteroatoms. The van der Waals surface area contributed by atoms with Crippen molar-refractivity contribution in [3.63, 3.8) is 0 Å². The quantitative estimate of drug-likeness (QED) is 0.869. The molecule has 0 spiro atoms. The van der Waals surface area contributed by atoms with Crippen LogP contribution in [0.1, 0.15) is 23.2 Å². The van der Waals surface area contributed by atoms with Crippen molar-refractivity contribution in [2.24, 2.45) is 0 Å². The van der Waals surface area contributed by atoms with Crippen LogP contribution < -0.4 is 5.32 Å². The zero-order chi connectivity index (χ0) is 14.0. The number of hydrogen-bond acceptors (Lipinski definition) is 3. The van der Waals surface area contributed by atoms with Crippen LogP contribution in [-0.4, -0.2) is 36.4 Å². The smallest absolute Gasteiger partial charge is 0.254 e. The summed E-state index contributed by atoms with van der Waals surface area (Å²) in [6, 6.07) is 2.16. The Labute approximate surface area is 109 Å². The number of benzene rings is 1. The number of carbonyl (C=O) groups is 1. The summed E-state index contributed by atoms with van der Waals surface area (Å²) in [5, 5.41) is 12.4. The monoisotopic (exact) mass is 271 g/mol.